The van der Waals surface area contributed by atoms with Gasteiger partial charge in [0.05, 0.1) is 7.11 Å². The van der Waals surface area contributed by atoms with E-state index in [9.17, 15) is 0 Å². The van der Waals surface area contributed by atoms with Gasteiger partial charge in [-0.3, -0.25) is 0 Å². The summed E-state index contributed by atoms with van der Waals surface area (Å²) in [7, 11) is 5.80. The predicted octanol–water partition coefficient (Wildman–Crippen LogP) is 3.70. The van der Waals surface area contributed by atoms with Crippen molar-refractivity contribution in [2.24, 2.45) is 5.73 Å². The van der Waals surface area contributed by atoms with Crippen LogP contribution in [0, 0.1) is 6.92 Å². The van der Waals surface area contributed by atoms with E-state index in [-0.39, 0.29) is 6.04 Å². The quantitative estimate of drug-likeness (QED) is 0.883. The summed E-state index contributed by atoms with van der Waals surface area (Å²) in [6.45, 7) is 2.05. The van der Waals surface area contributed by atoms with Gasteiger partial charge in [-0.05, 0) is 54.7 Å². The molecule has 0 aliphatic rings. The maximum Gasteiger partial charge on any atom is 0.121 e. The van der Waals surface area contributed by atoms with Gasteiger partial charge < -0.3 is 15.4 Å². The Balaban J connectivity index is 1.97. The number of methoxy groups -OCH3 is 1. The first-order valence-electron chi connectivity index (χ1n) is 7.67. The molecule has 0 bridgehead atoms. The van der Waals surface area contributed by atoms with E-state index in [1.807, 2.05) is 6.07 Å². The maximum atomic E-state index is 6.33. The smallest absolute Gasteiger partial charge is 0.121 e. The summed E-state index contributed by atoms with van der Waals surface area (Å²) >= 11 is 0. The summed E-state index contributed by atoms with van der Waals surface area (Å²) in [6.07, 6.45) is 1.92. The Morgan fingerprint density at radius 2 is 1.77 bits per heavy atom. The first-order chi connectivity index (χ1) is 10.5. The Bertz CT molecular complexity index is 605. The number of nitrogens with zero attached hydrogens (tertiary/aromatic N) is 1. The molecule has 0 heterocycles. The zero-order valence-electron chi connectivity index (χ0n) is 14.0. The van der Waals surface area contributed by atoms with Crippen molar-refractivity contribution in [3.63, 3.8) is 0 Å². The third-order valence-corrected chi connectivity index (χ3v) is 4.04. The molecule has 0 saturated heterocycles. The number of rotatable bonds is 6. The van der Waals surface area contributed by atoms with Crippen LogP contribution in [0.4, 0.5) is 5.69 Å². The summed E-state index contributed by atoms with van der Waals surface area (Å²) in [4.78, 5) is 2.11. The molecular weight excluding hydrogens is 272 g/mol. The van der Waals surface area contributed by atoms with Gasteiger partial charge in [0.25, 0.3) is 0 Å². The molecule has 2 N–H and O–H groups in total. The Kier molecular flexibility index (Phi) is 5.45. The van der Waals surface area contributed by atoms with Crippen molar-refractivity contribution in [1.29, 1.82) is 0 Å². The van der Waals surface area contributed by atoms with Crippen LogP contribution in [0.5, 0.6) is 5.75 Å². The monoisotopic (exact) mass is 298 g/mol. The molecule has 0 radical (unpaired) electrons. The topological polar surface area (TPSA) is 38.5 Å². The van der Waals surface area contributed by atoms with Crippen LogP contribution in [0.2, 0.25) is 0 Å². The Labute approximate surface area is 133 Å². The molecule has 118 valence electrons. The van der Waals surface area contributed by atoms with Crippen molar-refractivity contribution in [3.8, 4) is 5.75 Å². The summed E-state index contributed by atoms with van der Waals surface area (Å²) in [6, 6.07) is 14.9. The third kappa shape index (κ3) is 4.01. The van der Waals surface area contributed by atoms with Crippen LogP contribution in [0.1, 0.15) is 29.2 Å². The number of ether oxygens (including phenoxy) is 1. The van der Waals surface area contributed by atoms with Crippen molar-refractivity contribution >= 4 is 5.69 Å². The van der Waals surface area contributed by atoms with Gasteiger partial charge >= 0.3 is 0 Å². The van der Waals surface area contributed by atoms with E-state index in [0.717, 1.165) is 24.2 Å². The molecule has 0 aliphatic carbocycles. The first kappa shape index (κ1) is 16.4. The largest absolute Gasteiger partial charge is 0.496 e. The molecule has 2 aromatic carbocycles. The molecule has 2 rings (SSSR count). The molecule has 1 unspecified atom stereocenters. The summed E-state index contributed by atoms with van der Waals surface area (Å²) in [5, 5.41) is 0. The highest BCUT2D eigenvalue weighted by atomic mass is 16.5. The zero-order chi connectivity index (χ0) is 16.1. The second-order valence-corrected chi connectivity index (χ2v) is 5.94. The molecule has 1 atom stereocenters. The van der Waals surface area contributed by atoms with E-state index in [1.165, 1.54) is 16.8 Å². The fourth-order valence-electron chi connectivity index (χ4n) is 2.58. The lowest BCUT2D eigenvalue weighted by atomic mass is 9.98. The lowest BCUT2D eigenvalue weighted by molar-refractivity contribution is 0.411. The standard InChI is InChI=1S/C19H26N2O/c1-14-13-16(8-12-19(14)22-4)18(20)11-7-15-5-9-17(10-6-15)21(2)3/h5-6,8-10,12-13,18H,7,11,20H2,1-4H3. The predicted molar refractivity (Wildman–Crippen MR) is 93.7 cm³/mol. The number of aryl methyl sites for hydroxylation is 2. The van der Waals surface area contributed by atoms with Gasteiger partial charge in [0.1, 0.15) is 5.75 Å². The van der Waals surface area contributed by atoms with Crippen LogP contribution in [0.15, 0.2) is 42.5 Å². The molecule has 0 aliphatic heterocycles. The molecule has 3 nitrogen and oxygen atoms in total. The second-order valence-electron chi connectivity index (χ2n) is 5.94. The molecule has 0 fully saturated rings. The molecule has 0 amide bonds. The maximum absolute atomic E-state index is 6.33. The van der Waals surface area contributed by atoms with E-state index in [0.29, 0.717) is 0 Å². The zero-order valence-corrected chi connectivity index (χ0v) is 14.0. The lowest BCUT2D eigenvalue weighted by Gasteiger charge is -2.15. The number of nitrogens with two attached hydrogens (primary N) is 1. The van der Waals surface area contributed by atoms with Crippen LogP contribution >= 0.6 is 0 Å². The fraction of sp³-hybridized carbons (Fsp3) is 0.368. The van der Waals surface area contributed by atoms with E-state index in [4.69, 9.17) is 10.5 Å². The van der Waals surface area contributed by atoms with Crippen molar-refractivity contribution in [3.05, 3.63) is 59.2 Å². The Morgan fingerprint density at radius 1 is 1.09 bits per heavy atom. The first-order valence-corrected chi connectivity index (χ1v) is 7.67. The molecular formula is C19H26N2O. The molecule has 0 aromatic heterocycles. The van der Waals surface area contributed by atoms with Gasteiger partial charge in [-0.1, -0.05) is 24.3 Å². The van der Waals surface area contributed by atoms with Crippen LogP contribution in [0.25, 0.3) is 0 Å². The fourth-order valence-corrected chi connectivity index (χ4v) is 2.58. The number of hydrogen-bond donors (Lipinski definition) is 1. The van der Waals surface area contributed by atoms with Crippen molar-refractivity contribution in [1.82, 2.24) is 0 Å². The molecule has 22 heavy (non-hydrogen) atoms. The minimum atomic E-state index is 0.0538. The molecule has 0 saturated carbocycles. The Hall–Kier alpha value is -2.00. The minimum absolute atomic E-state index is 0.0538. The molecule has 0 spiro atoms. The van der Waals surface area contributed by atoms with Gasteiger partial charge in [-0.25, -0.2) is 0 Å². The lowest BCUT2D eigenvalue weighted by Crippen LogP contribution is -2.12. The van der Waals surface area contributed by atoms with Gasteiger partial charge in [0, 0.05) is 25.8 Å². The number of benzene rings is 2. The van der Waals surface area contributed by atoms with Crippen molar-refractivity contribution in [2.75, 3.05) is 26.1 Å². The Morgan fingerprint density at radius 3 is 2.32 bits per heavy atom. The van der Waals surface area contributed by atoms with Crippen LogP contribution in [-0.2, 0) is 6.42 Å². The summed E-state index contributed by atoms with van der Waals surface area (Å²) in [5.74, 6) is 0.912. The molecule has 3 heteroatoms. The van der Waals surface area contributed by atoms with E-state index in [1.54, 1.807) is 7.11 Å². The minimum Gasteiger partial charge on any atom is -0.496 e. The third-order valence-electron chi connectivity index (χ3n) is 4.04. The van der Waals surface area contributed by atoms with Gasteiger partial charge in [-0.15, -0.1) is 0 Å². The SMILES string of the molecule is COc1ccc(C(N)CCc2ccc(N(C)C)cc2)cc1C. The van der Waals surface area contributed by atoms with Crippen LogP contribution in [-0.4, -0.2) is 21.2 Å². The van der Waals surface area contributed by atoms with Crippen molar-refractivity contribution < 1.29 is 4.74 Å². The van der Waals surface area contributed by atoms with E-state index < -0.39 is 0 Å². The summed E-state index contributed by atoms with van der Waals surface area (Å²) in [5.41, 5.74) is 11.2. The average Bonchev–Trinajstić information content (AvgIpc) is 2.52. The average molecular weight is 298 g/mol. The van der Waals surface area contributed by atoms with Gasteiger partial charge in [-0.2, -0.15) is 0 Å². The highest BCUT2D eigenvalue weighted by Gasteiger charge is 2.09. The van der Waals surface area contributed by atoms with E-state index >= 15 is 0 Å². The van der Waals surface area contributed by atoms with Crippen molar-refractivity contribution in [2.45, 2.75) is 25.8 Å². The summed E-state index contributed by atoms with van der Waals surface area (Å²) < 4.78 is 5.29. The van der Waals surface area contributed by atoms with E-state index in [2.05, 4.69) is 62.3 Å². The van der Waals surface area contributed by atoms with Crippen LogP contribution in [0.3, 0.4) is 0 Å². The highest BCUT2D eigenvalue weighted by Crippen LogP contribution is 2.24. The van der Waals surface area contributed by atoms with Gasteiger partial charge in [0.2, 0.25) is 0 Å². The van der Waals surface area contributed by atoms with Gasteiger partial charge in [0.15, 0.2) is 0 Å². The number of hydrogen-bond acceptors (Lipinski definition) is 3. The second kappa shape index (κ2) is 7.32. The molecule has 2 aromatic rings. The highest BCUT2D eigenvalue weighted by molar-refractivity contribution is 5.46. The van der Waals surface area contributed by atoms with Crippen LogP contribution < -0.4 is 15.4 Å². The number of anilines is 1. The normalized spacial score (nSPS) is 12.0.